The Morgan fingerprint density at radius 1 is 1.33 bits per heavy atom. The van der Waals surface area contributed by atoms with Crippen LogP contribution in [0.4, 0.5) is 11.4 Å². The third-order valence-corrected chi connectivity index (χ3v) is 3.50. The first-order chi connectivity index (χ1) is 7.36. The third-order valence-electron chi connectivity index (χ3n) is 3.50. The second kappa shape index (κ2) is 3.42. The fourth-order valence-corrected chi connectivity index (χ4v) is 2.56. The van der Waals surface area contributed by atoms with E-state index in [2.05, 4.69) is 41.5 Å². The van der Waals surface area contributed by atoms with Crippen molar-refractivity contribution < 1.29 is 4.74 Å². The normalized spacial score (nSPS) is 29.0. The van der Waals surface area contributed by atoms with Crippen molar-refractivity contribution in [3.05, 3.63) is 24.3 Å². The smallest absolute Gasteiger partial charge is 0.0674 e. The van der Waals surface area contributed by atoms with E-state index in [1.54, 1.807) is 0 Å². The summed E-state index contributed by atoms with van der Waals surface area (Å²) in [5.74, 6) is 0.613. The van der Waals surface area contributed by atoms with E-state index in [0.717, 1.165) is 19.8 Å². The summed E-state index contributed by atoms with van der Waals surface area (Å²) in [6.45, 7) is 2.76. The molecule has 2 heterocycles. The molecule has 2 aliphatic rings. The minimum atomic E-state index is 0.529. The minimum Gasteiger partial charge on any atom is -0.383 e. The number of nitrogens with zero attached hydrogens (tertiary/aromatic N) is 1. The van der Waals surface area contributed by atoms with Gasteiger partial charge in [-0.25, -0.2) is 0 Å². The standard InChI is InChI=1S/C12H16N2O/c1-14-11-5-3-2-4-10(11)13-6-9-7-15-8-12(9)14/h2-5,9,12-13H,6-8H2,1H3. The zero-order valence-corrected chi connectivity index (χ0v) is 8.94. The van der Waals surface area contributed by atoms with Crippen molar-refractivity contribution in [1.82, 2.24) is 0 Å². The molecule has 1 saturated heterocycles. The largest absolute Gasteiger partial charge is 0.383 e. The van der Waals surface area contributed by atoms with Crippen LogP contribution in [0.15, 0.2) is 24.3 Å². The molecule has 1 aromatic rings. The number of anilines is 2. The van der Waals surface area contributed by atoms with E-state index in [1.165, 1.54) is 11.4 Å². The zero-order valence-electron chi connectivity index (χ0n) is 8.94. The van der Waals surface area contributed by atoms with E-state index in [4.69, 9.17) is 4.74 Å². The van der Waals surface area contributed by atoms with Crippen LogP contribution in [-0.2, 0) is 4.74 Å². The van der Waals surface area contributed by atoms with Gasteiger partial charge in [0, 0.05) is 19.5 Å². The van der Waals surface area contributed by atoms with Gasteiger partial charge in [-0.3, -0.25) is 0 Å². The quantitative estimate of drug-likeness (QED) is 0.694. The minimum absolute atomic E-state index is 0.529. The van der Waals surface area contributed by atoms with Crippen LogP contribution >= 0.6 is 0 Å². The molecule has 0 saturated carbocycles. The lowest BCUT2D eigenvalue weighted by atomic mass is 10.0. The second-order valence-corrected chi connectivity index (χ2v) is 4.37. The first-order valence-corrected chi connectivity index (χ1v) is 5.50. The van der Waals surface area contributed by atoms with Crippen LogP contribution in [0.25, 0.3) is 0 Å². The SMILES string of the molecule is CN1c2ccccc2NCC2COCC21. The average Bonchev–Trinajstić information content (AvgIpc) is 2.69. The molecule has 0 aliphatic carbocycles. The van der Waals surface area contributed by atoms with Crippen LogP contribution in [0.5, 0.6) is 0 Å². The van der Waals surface area contributed by atoms with Crippen LogP contribution in [0.1, 0.15) is 0 Å². The lowest BCUT2D eigenvalue weighted by Gasteiger charge is -2.27. The van der Waals surface area contributed by atoms with Gasteiger partial charge in [-0.2, -0.15) is 0 Å². The first-order valence-electron chi connectivity index (χ1n) is 5.50. The van der Waals surface area contributed by atoms with Crippen molar-refractivity contribution in [2.24, 2.45) is 5.92 Å². The fourth-order valence-electron chi connectivity index (χ4n) is 2.56. The number of rotatable bonds is 0. The molecule has 1 fully saturated rings. The van der Waals surface area contributed by atoms with E-state index >= 15 is 0 Å². The Bertz CT molecular complexity index is 366. The molecule has 2 atom stereocenters. The molecular weight excluding hydrogens is 188 g/mol. The molecule has 0 radical (unpaired) electrons. The molecule has 0 amide bonds. The highest BCUT2D eigenvalue weighted by Crippen LogP contribution is 2.33. The van der Waals surface area contributed by atoms with Gasteiger partial charge < -0.3 is 15.0 Å². The molecule has 15 heavy (non-hydrogen) atoms. The van der Waals surface area contributed by atoms with Gasteiger partial charge in [0.25, 0.3) is 0 Å². The van der Waals surface area contributed by atoms with E-state index in [-0.39, 0.29) is 0 Å². The topological polar surface area (TPSA) is 24.5 Å². The van der Waals surface area contributed by atoms with Crippen molar-refractivity contribution >= 4 is 11.4 Å². The maximum Gasteiger partial charge on any atom is 0.0674 e. The third kappa shape index (κ3) is 1.38. The summed E-state index contributed by atoms with van der Waals surface area (Å²) in [6.07, 6.45) is 0. The number of ether oxygens (including phenoxy) is 1. The molecular formula is C12H16N2O. The monoisotopic (exact) mass is 204 g/mol. The average molecular weight is 204 g/mol. The predicted molar refractivity (Wildman–Crippen MR) is 61.4 cm³/mol. The Hall–Kier alpha value is -1.22. The summed E-state index contributed by atoms with van der Waals surface area (Å²) in [5.41, 5.74) is 2.53. The van der Waals surface area contributed by atoms with E-state index in [1.807, 2.05) is 0 Å². The van der Waals surface area contributed by atoms with Gasteiger partial charge in [0.05, 0.1) is 30.6 Å². The molecule has 2 aliphatic heterocycles. The maximum absolute atomic E-state index is 5.55. The van der Waals surface area contributed by atoms with E-state index in [0.29, 0.717) is 12.0 Å². The molecule has 1 N–H and O–H groups in total. The van der Waals surface area contributed by atoms with Gasteiger partial charge in [0.1, 0.15) is 0 Å². The lowest BCUT2D eigenvalue weighted by Crippen LogP contribution is -2.37. The summed E-state index contributed by atoms with van der Waals surface area (Å²) in [5, 5.41) is 3.51. The second-order valence-electron chi connectivity index (χ2n) is 4.37. The Morgan fingerprint density at radius 2 is 2.20 bits per heavy atom. The summed E-state index contributed by atoms with van der Waals surface area (Å²) in [7, 11) is 2.16. The van der Waals surface area contributed by atoms with Crippen molar-refractivity contribution in [3.63, 3.8) is 0 Å². The number of para-hydroxylation sites is 2. The lowest BCUT2D eigenvalue weighted by molar-refractivity contribution is 0.185. The van der Waals surface area contributed by atoms with Gasteiger partial charge in [0.15, 0.2) is 0 Å². The van der Waals surface area contributed by atoms with Gasteiger partial charge in [-0.15, -0.1) is 0 Å². The maximum atomic E-state index is 5.55. The predicted octanol–water partition coefficient (Wildman–Crippen LogP) is 1.56. The molecule has 0 bridgehead atoms. The molecule has 0 spiro atoms. The summed E-state index contributed by atoms with van der Waals surface area (Å²) in [4.78, 5) is 2.35. The van der Waals surface area contributed by atoms with Gasteiger partial charge in [0.2, 0.25) is 0 Å². The van der Waals surface area contributed by atoms with Crippen molar-refractivity contribution in [2.45, 2.75) is 6.04 Å². The highest BCUT2D eigenvalue weighted by Gasteiger charge is 2.34. The Labute approximate surface area is 90.0 Å². The van der Waals surface area contributed by atoms with E-state index < -0.39 is 0 Å². The van der Waals surface area contributed by atoms with Crippen molar-refractivity contribution in [1.29, 1.82) is 0 Å². The van der Waals surface area contributed by atoms with Crippen LogP contribution in [0.2, 0.25) is 0 Å². The van der Waals surface area contributed by atoms with Gasteiger partial charge in [-0.1, -0.05) is 12.1 Å². The molecule has 2 unspecified atom stereocenters. The highest BCUT2D eigenvalue weighted by atomic mass is 16.5. The summed E-state index contributed by atoms with van der Waals surface area (Å²) in [6, 6.07) is 9.02. The number of likely N-dealkylation sites (N-methyl/N-ethyl adjacent to an activating group) is 1. The Morgan fingerprint density at radius 3 is 3.13 bits per heavy atom. The van der Waals surface area contributed by atoms with Crippen LogP contribution < -0.4 is 10.2 Å². The van der Waals surface area contributed by atoms with Crippen LogP contribution in [-0.4, -0.2) is 32.8 Å². The molecule has 3 nitrogen and oxygen atoms in total. The number of nitrogens with one attached hydrogen (secondary N) is 1. The Balaban J connectivity index is 2.00. The summed E-state index contributed by atoms with van der Waals surface area (Å²) < 4.78 is 5.55. The molecule has 3 rings (SSSR count). The van der Waals surface area contributed by atoms with Crippen molar-refractivity contribution in [2.75, 3.05) is 37.0 Å². The molecule has 80 valence electrons. The molecule has 3 heteroatoms. The number of hydrogen-bond donors (Lipinski definition) is 1. The number of fused-ring (bicyclic) bond motifs is 2. The van der Waals surface area contributed by atoms with Gasteiger partial charge in [-0.05, 0) is 12.1 Å². The Kier molecular flexibility index (Phi) is 2.06. The zero-order chi connectivity index (χ0) is 10.3. The van der Waals surface area contributed by atoms with Gasteiger partial charge >= 0.3 is 0 Å². The molecule has 1 aromatic carbocycles. The van der Waals surface area contributed by atoms with E-state index in [9.17, 15) is 0 Å². The number of hydrogen-bond acceptors (Lipinski definition) is 3. The number of benzene rings is 1. The fraction of sp³-hybridized carbons (Fsp3) is 0.500. The summed E-state index contributed by atoms with van der Waals surface area (Å²) >= 11 is 0. The highest BCUT2D eigenvalue weighted by molar-refractivity contribution is 5.71. The molecule has 0 aromatic heterocycles. The van der Waals surface area contributed by atoms with Crippen LogP contribution in [0, 0.1) is 5.92 Å². The van der Waals surface area contributed by atoms with Crippen LogP contribution in [0.3, 0.4) is 0 Å². The van der Waals surface area contributed by atoms with Crippen molar-refractivity contribution in [3.8, 4) is 0 Å². The first kappa shape index (κ1) is 9.04.